The highest BCUT2D eigenvalue weighted by atomic mass is 14.6. The second-order valence-corrected chi connectivity index (χ2v) is 12.5. The molecule has 0 N–H and O–H groups in total. The van der Waals surface area contributed by atoms with Crippen LogP contribution in [0.1, 0.15) is 106 Å². The molecule has 0 saturated heterocycles. The molecule has 0 amide bonds. The Labute approximate surface area is 176 Å². The summed E-state index contributed by atoms with van der Waals surface area (Å²) >= 11 is 0. The highest BCUT2D eigenvalue weighted by Crippen LogP contribution is 2.67. The maximum Gasteiger partial charge on any atom is -0.0177 e. The van der Waals surface area contributed by atoms with E-state index in [1.54, 1.807) is 6.42 Å². The van der Waals surface area contributed by atoms with Gasteiger partial charge >= 0.3 is 0 Å². The van der Waals surface area contributed by atoms with E-state index < -0.39 is 0 Å². The molecule has 0 aromatic rings. The molecule has 0 bridgehead atoms. The van der Waals surface area contributed by atoms with Gasteiger partial charge in [0.2, 0.25) is 0 Å². The van der Waals surface area contributed by atoms with E-state index in [-0.39, 0.29) is 0 Å². The monoisotopic (exact) mass is 384 g/mol. The third kappa shape index (κ3) is 3.33. The van der Waals surface area contributed by atoms with Gasteiger partial charge < -0.3 is 0 Å². The lowest BCUT2D eigenvalue weighted by Gasteiger charge is -2.60. The third-order valence-electron chi connectivity index (χ3n) is 11.1. The first kappa shape index (κ1) is 21.0. The fraction of sp³-hybridized carbons (Fsp3) is 0.929. The molecule has 9 atom stereocenters. The zero-order valence-corrected chi connectivity index (χ0v) is 19.8. The molecule has 4 aliphatic carbocycles. The summed E-state index contributed by atoms with van der Waals surface area (Å²) < 4.78 is 0. The molecule has 9 unspecified atom stereocenters. The molecule has 3 saturated carbocycles. The highest BCUT2D eigenvalue weighted by molar-refractivity contribution is 5.13. The Balaban J connectivity index is 1.47. The Morgan fingerprint density at radius 3 is 2.32 bits per heavy atom. The van der Waals surface area contributed by atoms with E-state index in [0.29, 0.717) is 10.8 Å². The summed E-state index contributed by atoms with van der Waals surface area (Å²) in [6.07, 6.45) is 20.0. The second-order valence-electron chi connectivity index (χ2n) is 12.5. The van der Waals surface area contributed by atoms with Gasteiger partial charge in [0.15, 0.2) is 0 Å². The molecular formula is C28H48. The Morgan fingerprint density at radius 2 is 1.57 bits per heavy atom. The van der Waals surface area contributed by atoms with E-state index in [0.717, 1.165) is 47.3 Å². The third-order valence-corrected chi connectivity index (χ3v) is 11.1. The number of rotatable bonds is 5. The topological polar surface area (TPSA) is 0 Å². The lowest BCUT2D eigenvalue weighted by molar-refractivity contribution is -0.0956. The molecule has 0 aromatic carbocycles. The first-order chi connectivity index (χ1) is 13.3. The van der Waals surface area contributed by atoms with Crippen LogP contribution in [-0.2, 0) is 0 Å². The highest BCUT2D eigenvalue weighted by Gasteiger charge is 2.59. The van der Waals surface area contributed by atoms with E-state index in [1.165, 1.54) is 57.8 Å². The molecule has 0 aromatic heterocycles. The zero-order chi connectivity index (χ0) is 20.1. The maximum absolute atomic E-state index is 2.74. The molecule has 0 nitrogen and oxygen atoms in total. The molecular weight excluding hydrogens is 336 g/mol. The fourth-order valence-electron chi connectivity index (χ4n) is 8.86. The summed E-state index contributed by atoms with van der Waals surface area (Å²) in [5.74, 6) is 7.63. The van der Waals surface area contributed by atoms with Crippen LogP contribution in [0.5, 0.6) is 0 Å². The Bertz CT molecular complexity index is 573. The molecule has 4 rings (SSSR count). The van der Waals surface area contributed by atoms with Gasteiger partial charge in [-0.3, -0.25) is 0 Å². The van der Waals surface area contributed by atoms with Crippen molar-refractivity contribution in [2.24, 2.45) is 58.2 Å². The average Bonchev–Trinajstić information content (AvgIpc) is 3.02. The van der Waals surface area contributed by atoms with Gasteiger partial charge in [0, 0.05) is 0 Å². The predicted molar refractivity (Wildman–Crippen MR) is 122 cm³/mol. The summed E-state index contributed by atoms with van der Waals surface area (Å²) in [6.45, 7) is 15.3. The van der Waals surface area contributed by atoms with Gasteiger partial charge in [0.25, 0.3) is 0 Å². The minimum Gasteiger partial charge on any atom is -0.0882 e. The molecule has 160 valence electrons. The lowest BCUT2D eigenvalue weighted by Crippen LogP contribution is -2.52. The van der Waals surface area contributed by atoms with Crippen molar-refractivity contribution < 1.29 is 0 Å². The first-order valence-electron chi connectivity index (χ1n) is 12.9. The Morgan fingerprint density at radius 1 is 0.821 bits per heavy atom. The van der Waals surface area contributed by atoms with Crippen molar-refractivity contribution in [3.05, 3.63) is 12.2 Å². The van der Waals surface area contributed by atoms with Crippen LogP contribution in [0.2, 0.25) is 0 Å². The van der Waals surface area contributed by atoms with Crippen molar-refractivity contribution in [3.8, 4) is 0 Å². The SMILES string of the molecule is CC(C)C(C)CCC(C)C1CCC2C3CCC4C=CCCC4(C)C3CCC12C. The van der Waals surface area contributed by atoms with Crippen molar-refractivity contribution in [2.45, 2.75) is 106 Å². The minimum atomic E-state index is 0.620. The summed E-state index contributed by atoms with van der Waals surface area (Å²) in [5.41, 5.74) is 1.27. The molecule has 0 spiro atoms. The van der Waals surface area contributed by atoms with Crippen LogP contribution >= 0.6 is 0 Å². The van der Waals surface area contributed by atoms with Gasteiger partial charge in [-0.05, 0) is 110 Å². The Kier molecular flexibility index (Phi) is 5.83. The minimum absolute atomic E-state index is 0.620. The van der Waals surface area contributed by atoms with Crippen molar-refractivity contribution in [1.29, 1.82) is 0 Å². The first-order valence-corrected chi connectivity index (χ1v) is 12.9. The van der Waals surface area contributed by atoms with Crippen molar-refractivity contribution in [3.63, 3.8) is 0 Å². The van der Waals surface area contributed by atoms with Crippen LogP contribution in [0.3, 0.4) is 0 Å². The molecule has 0 heterocycles. The largest absolute Gasteiger partial charge is 0.0882 e. The van der Waals surface area contributed by atoms with Gasteiger partial charge in [-0.15, -0.1) is 0 Å². The van der Waals surface area contributed by atoms with E-state index >= 15 is 0 Å². The molecule has 3 fully saturated rings. The van der Waals surface area contributed by atoms with Gasteiger partial charge in [-0.25, -0.2) is 0 Å². The van der Waals surface area contributed by atoms with Crippen LogP contribution in [0.4, 0.5) is 0 Å². The maximum atomic E-state index is 2.74. The van der Waals surface area contributed by atoms with Crippen LogP contribution in [-0.4, -0.2) is 0 Å². The molecule has 0 radical (unpaired) electrons. The van der Waals surface area contributed by atoms with Crippen LogP contribution in [0.15, 0.2) is 12.2 Å². The van der Waals surface area contributed by atoms with Crippen LogP contribution in [0.25, 0.3) is 0 Å². The quantitative estimate of drug-likeness (QED) is 0.417. The molecule has 28 heavy (non-hydrogen) atoms. The summed E-state index contributed by atoms with van der Waals surface area (Å²) in [7, 11) is 0. The number of hydrogen-bond acceptors (Lipinski definition) is 0. The van der Waals surface area contributed by atoms with Gasteiger partial charge in [0.05, 0.1) is 0 Å². The van der Waals surface area contributed by atoms with Gasteiger partial charge in [-0.2, -0.15) is 0 Å². The van der Waals surface area contributed by atoms with Crippen molar-refractivity contribution >= 4 is 0 Å². The number of fused-ring (bicyclic) bond motifs is 5. The lowest BCUT2D eigenvalue weighted by atomic mass is 9.45. The number of hydrogen-bond donors (Lipinski definition) is 0. The van der Waals surface area contributed by atoms with Gasteiger partial charge in [-0.1, -0.05) is 66.5 Å². The summed E-state index contributed by atoms with van der Waals surface area (Å²) in [6, 6.07) is 0. The summed E-state index contributed by atoms with van der Waals surface area (Å²) in [4.78, 5) is 0. The van der Waals surface area contributed by atoms with Crippen molar-refractivity contribution in [2.75, 3.05) is 0 Å². The Hall–Kier alpha value is -0.260. The molecule has 0 aliphatic heterocycles. The van der Waals surface area contributed by atoms with E-state index in [2.05, 4.69) is 53.7 Å². The smallest absolute Gasteiger partial charge is 0.0177 e. The molecule has 0 heteroatoms. The number of allylic oxidation sites excluding steroid dienone is 2. The van der Waals surface area contributed by atoms with E-state index in [9.17, 15) is 0 Å². The zero-order valence-electron chi connectivity index (χ0n) is 19.8. The van der Waals surface area contributed by atoms with E-state index in [1.807, 2.05) is 0 Å². The fourth-order valence-corrected chi connectivity index (χ4v) is 8.86. The summed E-state index contributed by atoms with van der Waals surface area (Å²) in [5, 5.41) is 0. The predicted octanol–water partition coefficient (Wildman–Crippen LogP) is 8.52. The molecule has 4 aliphatic rings. The van der Waals surface area contributed by atoms with Crippen molar-refractivity contribution in [1.82, 2.24) is 0 Å². The second kappa shape index (κ2) is 7.77. The normalized spacial score (nSPS) is 47.3. The van der Waals surface area contributed by atoms with Gasteiger partial charge in [0.1, 0.15) is 0 Å². The van der Waals surface area contributed by atoms with Crippen LogP contribution in [0, 0.1) is 58.2 Å². The van der Waals surface area contributed by atoms with Crippen LogP contribution < -0.4 is 0 Å². The van der Waals surface area contributed by atoms with E-state index in [4.69, 9.17) is 0 Å². The standard InChI is InChI=1S/C28H48/c1-19(2)20(3)10-11-21(4)24-14-15-25-23-13-12-22-9-7-8-17-27(22,5)26(23)16-18-28(24,25)6/h7,9,19-26H,8,10-18H2,1-6H3. The average molecular weight is 385 g/mol.